The van der Waals surface area contributed by atoms with Crippen LogP contribution in [0.3, 0.4) is 0 Å². The van der Waals surface area contributed by atoms with Crippen molar-refractivity contribution in [1.82, 2.24) is 19.9 Å². The third-order valence-corrected chi connectivity index (χ3v) is 3.33. The van der Waals surface area contributed by atoms with E-state index < -0.39 is 6.10 Å². The van der Waals surface area contributed by atoms with E-state index in [1.165, 1.54) is 0 Å². The number of aromatic nitrogens is 4. The summed E-state index contributed by atoms with van der Waals surface area (Å²) >= 11 is 0. The topological polar surface area (TPSA) is 102 Å². The van der Waals surface area contributed by atoms with E-state index in [2.05, 4.69) is 29.9 Å². The molecule has 7 heteroatoms. The molecule has 2 aromatic heterocycles. The molecule has 0 amide bonds. The molecule has 0 saturated carbocycles. The number of imidazole rings is 2. The first-order valence-corrected chi connectivity index (χ1v) is 7.29. The van der Waals surface area contributed by atoms with Crippen LogP contribution in [0.1, 0.15) is 22.8 Å². The fraction of sp³-hybridized carbons (Fsp3) is 0.467. The van der Waals surface area contributed by atoms with Gasteiger partial charge in [-0.1, -0.05) is 0 Å². The number of hydrogen-bond donors (Lipinski definition) is 3. The van der Waals surface area contributed by atoms with Crippen molar-refractivity contribution in [2.75, 3.05) is 13.1 Å². The molecule has 2 aromatic rings. The van der Waals surface area contributed by atoms with Crippen molar-refractivity contribution in [2.24, 2.45) is 9.98 Å². The molecule has 2 rings (SSSR count). The molecule has 0 aromatic carbocycles. The molecule has 0 aliphatic rings. The summed E-state index contributed by atoms with van der Waals surface area (Å²) in [7, 11) is 0. The zero-order chi connectivity index (χ0) is 15.8. The van der Waals surface area contributed by atoms with Gasteiger partial charge >= 0.3 is 0 Å². The van der Waals surface area contributed by atoms with Gasteiger partial charge in [-0.2, -0.15) is 0 Å². The summed E-state index contributed by atoms with van der Waals surface area (Å²) in [6.45, 7) is 4.64. The Hall–Kier alpha value is -2.28. The number of rotatable bonds is 8. The van der Waals surface area contributed by atoms with Crippen molar-refractivity contribution in [3.8, 4) is 0 Å². The number of H-pyrrole nitrogens is 2. The fourth-order valence-electron chi connectivity index (χ4n) is 1.94. The molecule has 7 nitrogen and oxygen atoms in total. The lowest BCUT2D eigenvalue weighted by Gasteiger charge is -2.02. The maximum atomic E-state index is 9.80. The second-order valence-electron chi connectivity index (χ2n) is 5.11. The molecule has 0 bridgehead atoms. The SMILES string of the molecule is Cc1[nH]cnc1CC=NCC(O)CN=CCc1nc[nH]c1C. The maximum Gasteiger partial charge on any atom is 0.0929 e. The number of aromatic amines is 2. The van der Waals surface area contributed by atoms with E-state index in [1.807, 2.05) is 13.8 Å². The van der Waals surface area contributed by atoms with Gasteiger partial charge in [0.05, 0.1) is 43.2 Å². The van der Waals surface area contributed by atoms with Gasteiger partial charge in [-0.15, -0.1) is 0 Å². The van der Waals surface area contributed by atoms with Crippen LogP contribution >= 0.6 is 0 Å². The Morgan fingerprint density at radius 1 is 1.00 bits per heavy atom. The lowest BCUT2D eigenvalue weighted by molar-refractivity contribution is 0.192. The van der Waals surface area contributed by atoms with Crippen LogP contribution in [0, 0.1) is 13.8 Å². The monoisotopic (exact) mass is 302 g/mol. The number of nitrogens with zero attached hydrogens (tertiary/aromatic N) is 4. The highest BCUT2D eigenvalue weighted by Crippen LogP contribution is 2.00. The van der Waals surface area contributed by atoms with Crippen LogP contribution in [0.2, 0.25) is 0 Å². The third-order valence-electron chi connectivity index (χ3n) is 3.33. The lowest BCUT2D eigenvalue weighted by atomic mass is 10.3. The Labute approximate surface area is 129 Å². The first-order chi connectivity index (χ1) is 10.7. The van der Waals surface area contributed by atoms with Gasteiger partial charge in [0.1, 0.15) is 0 Å². The van der Waals surface area contributed by atoms with Crippen LogP contribution in [0.5, 0.6) is 0 Å². The van der Waals surface area contributed by atoms with Crippen LogP contribution in [-0.4, -0.2) is 56.7 Å². The Bertz CT molecular complexity index is 573. The average molecular weight is 302 g/mol. The highest BCUT2D eigenvalue weighted by Gasteiger charge is 2.02. The van der Waals surface area contributed by atoms with Crippen molar-refractivity contribution in [2.45, 2.75) is 32.8 Å². The van der Waals surface area contributed by atoms with E-state index >= 15 is 0 Å². The van der Waals surface area contributed by atoms with Crippen LogP contribution in [0.4, 0.5) is 0 Å². The van der Waals surface area contributed by atoms with Crippen molar-refractivity contribution in [1.29, 1.82) is 0 Å². The molecule has 0 spiro atoms. The average Bonchev–Trinajstić information content (AvgIpc) is 3.09. The molecule has 0 unspecified atom stereocenters. The number of aliphatic hydroxyl groups excluding tert-OH is 1. The Kier molecular flexibility index (Phi) is 6.02. The van der Waals surface area contributed by atoms with Crippen molar-refractivity contribution < 1.29 is 5.11 Å². The zero-order valence-electron chi connectivity index (χ0n) is 13.0. The second kappa shape index (κ2) is 8.23. The quantitative estimate of drug-likeness (QED) is 0.635. The third kappa shape index (κ3) is 4.92. The van der Waals surface area contributed by atoms with E-state index in [0.717, 1.165) is 22.8 Å². The molecular formula is C15H22N6O. The van der Waals surface area contributed by atoms with E-state index in [-0.39, 0.29) is 0 Å². The highest BCUT2D eigenvalue weighted by molar-refractivity contribution is 5.61. The number of aliphatic hydroxyl groups is 1. The number of aliphatic imine (C=N–C) groups is 2. The molecule has 0 aliphatic heterocycles. The smallest absolute Gasteiger partial charge is 0.0929 e. The molecular weight excluding hydrogens is 280 g/mol. The van der Waals surface area contributed by atoms with Crippen LogP contribution in [0.15, 0.2) is 22.6 Å². The van der Waals surface area contributed by atoms with Gasteiger partial charge in [-0.3, -0.25) is 9.98 Å². The van der Waals surface area contributed by atoms with Gasteiger partial charge in [0, 0.05) is 36.7 Å². The first-order valence-electron chi connectivity index (χ1n) is 7.29. The molecule has 0 saturated heterocycles. The molecule has 0 aliphatic carbocycles. The zero-order valence-corrected chi connectivity index (χ0v) is 13.0. The fourth-order valence-corrected chi connectivity index (χ4v) is 1.94. The van der Waals surface area contributed by atoms with Gasteiger partial charge in [0.15, 0.2) is 0 Å². The molecule has 0 radical (unpaired) electrons. The predicted octanol–water partition coefficient (Wildman–Crippen LogP) is 1.04. The van der Waals surface area contributed by atoms with Crippen molar-refractivity contribution in [3.63, 3.8) is 0 Å². The summed E-state index contributed by atoms with van der Waals surface area (Å²) in [5.41, 5.74) is 4.05. The molecule has 3 N–H and O–H groups in total. The van der Waals surface area contributed by atoms with Gasteiger partial charge < -0.3 is 15.1 Å². The minimum atomic E-state index is -0.562. The molecule has 0 fully saturated rings. The summed E-state index contributed by atoms with van der Waals surface area (Å²) in [5.74, 6) is 0. The van der Waals surface area contributed by atoms with Crippen LogP contribution in [-0.2, 0) is 12.8 Å². The van der Waals surface area contributed by atoms with Gasteiger partial charge in [0.2, 0.25) is 0 Å². The lowest BCUT2D eigenvalue weighted by Crippen LogP contribution is -2.15. The molecule has 118 valence electrons. The standard InChI is InChI=1S/C15H22N6O/c1-11-14(20-9-18-11)3-5-16-7-13(22)8-17-6-4-15-12(2)19-10-21-15/h5-6,9-10,13,22H,3-4,7-8H2,1-2H3,(H,18,20)(H,19,21). The summed E-state index contributed by atoms with van der Waals surface area (Å²) in [6.07, 6.45) is 7.68. The largest absolute Gasteiger partial charge is 0.389 e. The van der Waals surface area contributed by atoms with Gasteiger partial charge in [0.25, 0.3) is 0 Å². The Balaban J connectivity index is 1.64. The Morgan fingerprint density at radius 2 is 1.45 bits per heavy atom. The normalized spacial score (nSPS) is 13.4. The van der Waals surface area contributed by atoms with Crippen molar-refractivity contribution >= 4 is 12.4 Å². The minimum absolute atomic E-state index is 0.349. The van der Waals surface area contributed by atoms with Crippen LogP contribution in [0.25, 0.3) is 0 Å². The van der Waals surface area contributed by atoms with Gasteiger partial charge in [-0.05, 0) is 13.8 Å². The summed E-state index contributed by atoms with van der Waals surface area (Å²) in [4.78, 5) is 22.8. The molecule has 2 heterocycles. The first kappa shape index (κ1) is 16.1. The summed E-state index contributed by atoms with van der Waals surface area (Å²) in [6, 6.07) is 0. The number of hydrogen-bond acceptors (Lipinski definition) is 5. The van der Waals surface area contributed by atoms with E-state index in [1.54, 1.807) is 25.1 Å². The second-order valence-corrected chi connectivity index (χ2v) is 5.11. The highest BCUT2D eigenvalue weighted by atomic mass is 16.3. The van der Waals surface area contributed by atoms with E-state index in [4.69, 9.17) is 0 Å². The predicted molar refractivity (Wildman–Crippen MR) is 86.8 cm³/mol. The Morgan fingerprint density at radius 3 is 1.82 bits per heavy atom. The summed E-state index contributed by atoms with van der Waals surface area (Å²) < 4.78 is 0. The molecule has 0 atom stereocenters. The van der Waals surface area contributed by atoms with Crippen LogP contribution < -0.4 is 0 Å². The maximum absolute atomic E-state index is 9.80. The van der Waals surface area contributed by atoms with E-state index in [9.17, 15) is 5.11 Å². The van der Waals surface area contributed by atoms with Crippen molar-refractivity contribution in [3.05, 3.63) is 35.4 Å². The number of aryl methyl sites for hydroxylation is 2. The minimum Gasteiger partial charge on any atom is -0.389 e. The van der Waals surface area contributed by atoms with Gasteiger partial charge in [-0.25, -0.2) is 9.97 Å². The summed E-state index contributed by atoms with van der Waals surface area (Å²) in [5, 5.41) is 9.80. The molecule has 22 heavy (non-hydrogen) atoms. The number of nitrogens with one attached hydrogen (secondary N) is 2. The van der Waals surface area contributed by atoms with E-state index in [0.29, 0.717) is 25.9 Å².